The van der Waals surface area contributed by atoms with Gasteiger partial charge in [-0.15, -0.1) is 0 Å². The molecule has 0 amide bonds. The third-order valence-corrected chi connectivity index (χ3v) is 1.61. The van der Waals surface area contributed by atoms with Crippen LogP contribution in [-0.2, 0) is 7.05 Å². The minimum Gasteiger partial charge on any atom is -0.304 e. The zero-order chi connectivity index (χ0) is 10.9. The molecule has 0 aliphatic rings. The van der Waals surface area contributed by atoms with E-state index in [4.69, 9.17) is 5.84 Å². The lowest BCUT2D eigenvalue weighted by molar-refractivity contribution is -0.385. The Morgan fingerprint density at radius 1 is 1.57 bits per heavy atom. The predicted octanol–water partition coefficient (Wildman–Crippen LogP) is -1.73. The molecule has 0 radical (unpaired) electrons. The Morgan fingerprint density at radius 3 is 2.57 bits per heavy atom. The lowest BCUT2D eigenvalue weighted by Gasteiger charge is -2.01. The first-order chi connectivity index (χ1) is 6.49. The van der Waals surface area contributed by atoms with Crippen LogP contribution in [0, 0.1) is 10.1 Å². The summed E-state index contributed by atoms with van der Waals surface area (Å²) < 4.78 is 0.582. The summed E-state index contributed by atoms with van der Waals surface area (Å²) in [6.07, 6.45) is 0. The molecule has 0 aliphatic carbocycles. The Morgan fingerprint density at radius 2 is 2.14 bits per heavy atom. The van der Waals surface area contributed by atoms with E-state index in [1.807, 2.05) is 10.4 Å². The molecule has 9 nitrogen and oxygen atoms in total. The Hall–Kier alpha value is -2.16. The Bertz CT molecular complexity index is 486. The third-order valence-electron chi connectivity index (χ3n) is 1.61. The highest BCUT2D eigenvalue weighted by atomic mass is 16.6. The Kier molecular flexibility index (Phi) is 2.34. The molecule has 76 valence electrons. The molecule has 1 heterocycles. The van der Waals surface area contributed by atoms with Crippen LogP contribution in [0.5, 0.6) is 0 Å². The number of nitrogens with two attached hydrogens (primary N) is 1. The van der Waals surface area contributed by atoms with E-state index in [0.717, 1.165) is 7.05 Å². The summed E-state index contributed by atoms with van der Waals surface area (Å²) in [4.78, 5) is 33.8. The Balaban J connectivity index is 3.71. The van der Waals surface area contributed by atoms with Gasteiger partial charge in [-0.2, -0.15) is 0 Å². The number of aromatic nitrogens is 2. The van der Waals surface area contributed by atoms with Crippen LogP contribution in [0.4, 0.5) is 11.5 Å². The van der Waals surface area contributed by atoms with Gasteiger partial charge < -0.3 is 5.43 Å². The van der Waals surface area contributed by atoms with Crippen molar-refractivity contribution in [1.29, 1.82) is 0 Å². The molecule has 0 atom stereocenters. The van der Waals surface area contributed by atoms with Crippen molar-refractivity contribution in [2.45, 2.75) is 0 Å². The second-order valence-electron chi connectivity index (χ2n) is 2.42. The summed E-state index contributed by atoms with van der Waals surface area (Å²) in [6, 6.07) is 0. The summed E-state index contributed by atoms with van der Waals surface area (Å²) in [5, 5.41) is 10.4. The van der Waals surface area contributed by atoms with Gasteiger partial charge in [-0.1, -0.05) is 0 Å². The summed E-state index contributed by atoms with van der Waals surface area (Å²) in [6.45, 7) is 0. The monoisotopic (exact) mass is 201 g/mol. The number of aromatic amines is 1. The largest absolute Gasteiger partial charge is 0.375 e. The average molecular weight is 201 g/mol. The van der Waals surface area contributed by atoms with Gasteiger partial charge in [0.1, 0.15) is 0 Å². The molecule has 0 spiro atoms. The van der Waals surface area contributed by atoms with Crippen LogP contribution in [0.2, 0.25) is 0 Å². The first kappa shape index (κ1) is 9.92. The van der Waals surface area contributed by atoms with Crippen LogP contribution in [-0.4, -0.2) is 14.5 Å². The van der Waals surface area contributed by atoms with Crippen molar-refractivity contribution in [3.8, 4) is 0 Å². The zero-order valence-electron chi connectivity index (χ0n) is 7.10. The second kappa shape index (κ2) is 3.30. The van der Waals surface area contributed by atoms with Crippen molar-refractivity contribution in [2.24, 2.45) is 12.9 Å². The van der Waals surface area contributed by atoms with Gasteiger partial charge in [-0.05, 0) is 0 Å². The van der Waals surface area contributed by atoms with Crippen molar-refractivity contribution in [2.75, 3.05) is 5.43 Å². The smallest absolute Gasteiger partial charge is 0.304 e. The van der Waals surface area contributed by atoms with Gasteiger partial charge in [0, 0.05) is 7.05 Å². The van der Waals surface area contributed by atoms with E-state index < -0.39 is 27.7 Å². The highest BCUT2D eigenvalue weighted by molar-refractivity contribution is 5.52. The highest BCUT2D eigenvalue weighted by Crippen LogP contribution is 2.11. The van der Waals surface area contributed by atoms with Gasteiger partial charge in [0.15, 0.2) is 0 Å². The first-order valence-corrected chi connectivity index (χ1v) is 3.43. The maximum Gasteiger partial charge on any atom is 0.375 e. The van der Waals surface area contributed by atoms with Crippen LogP contribution < -0.4 is 22.5 Å². The normalized spacial score (nSPS) is 9.86. The third kappa shape index (κ3) is 1.35. The lowest BCUT2D eigenvalue weighted by atomic mass is 10.5. The summed E-state index contributed by atoms with van der Waals surface area (Å²) in [5.41, 5.74) is -0.727. The van der Waals surface area contributed by atoms with Gasteiger partial charge >= 0.3 is 16.9 Å². The molecule has 0 aromatic carbocycles. The molecular formula is C5H7N5O4. The minimum atomic E-state index is -1.02. The van der Waals surface area contributed by atoms with E-state index in [1.54, 1.807) is 0 Å². The fraction of sp³-hybridized carbons (Fsp3) is 0.200. The van der Waals surface area contributed by atoms with E-state index >= 15 is 0 Å². The van der Waals surface area contributed by atoms with E-state index in [2.05, 4.69) is 0 Å². The zero-order valence-corrected chi connectivity index (χ0v) is 7.10. The molecular weight excluding hydrogens is 194 g/mol. The predicted molar refractivity (Wildman–Crippen MR) is 46.8 cm³/mol. The number of rotatable bonds is 2. The molecule has 0 fully saturated rings. The summed E-state index contributed by atoms with van der Waals surface area (Å²) >= 11 is 0. The molecule has 1 aromatic rings. The fourth-order valence-electron chi connectivity index (χ4n) is 0.882. The quantitative estimate of drug-likeness (QED) is 0.295. The molecule has 9 heteroatoms. The van der Waals surface area contributed by atoms with Gasteiger partial charge in [0.25, 0.3) is 0 Å². The molecule has 0 bridgehead atoms. The van der Waals surface area contributed by atoms with Gasteiger partial charge in [-0.3, -0.25) is 24.5 Å². The summed E-state index contributed by atoms with van der Waals surface area (Å²) in [5.74, 6) is 4.49. The minimum absolute atomic E-state index is 0.414. The number of anilines is 1. The van der Waals surface area contributed by atoms with Crippen LogP contribution in [0.15, 0.2) is 9.59 Å². The number of hydrogen-bond donors (Lipinski definition) is 3. The van der Waals surface area contributed by atoms with E-state index in [0.29, 0.717) is 4.57 Å². The van der Waals surface area contributed by atoms with Gasteiger partial charge in [0.2, 0.25) is 5.82 Å². The molecule has 4 N–H and O–H groups in total. The average Bonchev–Trinajstić information content (AvgIpc) is 2.12. The van der Waals surface area contributed by atoms with E-state index in [1.165, 1.54) is 0 Å². The second-order valence-corrected chi connectivity index (χ2v) is 2.42. The van der Waals surface area contributed by atoms with Crippen molar-refractivity contribution < 1.29 is 4.92 Å². The van der Waals surface area contributed by atoms with Crippen molar-refractivity contribution >= 4 is 11.5 Å². The van der Waals surface area contributed by atoms with Crippen molar-refractivity contribution in [3.63, 3.8) is 0 Å². The van der Waals surface area contributed by atoms with Gasteiger partial charge in [-0.25, -0.2) is 10.6 Å². The van der Waals surface area contributed by atoms with Crippen LogP contribution in [0.1, 0.15) is 0 Å². The number of nitro groups is 1. The highest BCUT2D eigenvalue weighted by Gasteiger charge is 2.22. The van der Waals surface area contributed by atoms with Crippen molar-refractivity contribution in [3.05, 3.63) is 31.0 Å². The lowest BCUT2D eigenvalue weighted by Crippen LogP contribution is -2.35. The number of nitrogens with zero attached hydrogens (tertiary/aromatic N) is 2. The van der Waals surface area contributed by atoms with Crippen LogP contribution in [0.25, 0.3) is 0 Å². The maximum atomic E-state index is 11.2. The molecule has 0 unspecified atom stereocenters. The van der Waals surface area contributed by atoms with Crippen LogP contribution >= 0.6 is 0 Å². The van der Waals surface area contributed by atoms with E-state index in [9.17, 15) is 19.7 Å². The molecule has 1 rings (SSSR count). The number of nitrogens with one attached hydrogen (secondary N) is 2. The van der Waals surface area contributed by atoms with E-state index in [-0.39, 0.29) is 0 Å². The first-order valence-electron chi connectivity index (χ1n) is 3.43. The number of hydrogen-bond acceptors (Lipinski definition) is 6. The summed E-state index contributed by atoms with van der Waals surface area (Å²) in [7, 11) is 1.12. The van der Waals surface area contributed by atoms with Gasteiger partial charge in [0.05, 0.1) is 4.92 Å². The standard InChI is InChI=1S/C5H7N5O4/c1-9-4(11)2(10(13)14)3(8-6)7-5(9)12/h8H,6H2,1H3,(H,7,12). The molecule has 14 heavy (non-hydrogen) atoms. The van der Waals surface area contributed by atoms with Crippen molar-refractivity contribution in [1.82, 2.24) is 9.55 Å². The molecule has 0 saturated carbocycles. The molecule has 0 saturated heterocycles. The number of hydrazine groups is 1. The topological polar surface area (TPSA) is 136 Å². The number of nitrogen functional groups attached to an aromatic ring is 1. The number of H-pyrrole nitrogens is 1. The molecule has 1 aromatic heterocycles. The van der Waals surface area contributed by atoms with Crippen LogP contribution in [0.3, 0.4) is 0 Å². The SMILES string of the molecule is Cn1c(=O)[nH]c(NN)c([N+](=O)[O-])c1=O. The maximum absolute atomic E-state index is 11.2. The Labute approximate surface area is 76.3 Å². The molecule has 0 aliphatic heterocycles. The fourth-order valence-corrected chi connectivity index (χ4v) is 0.882.